The molecule has 2 rings (SSSR count). The van der Waals surface area contributed by atoms with Crippen LogP contribution in [-0.2, 0) is 6.54 Å². The van der Waals surface area contributed by atoms with Crippen LogP contribution in [0.5, 0.6) is 0 Å². The largest absolute Gasteiger partial charge is 0.357 e. The molecule has 0 aliphatic carbocycles. The molecule has 0 saturated carbocycles. The van der Waals surface area contributed by atoms with E-state index in [1.54, 1.807) is 0 Å². The van der Waals surface area contributed by atoms with Crippen LogP contribution in [0.15, 0.2) is 23.5 Å². The van der Waals surface area contributed by atoms with Gasteiger partial charge in [0.05, 0.1) is 0 Å². The molecule has 156 valence electrons. The molecular formula is C20H39IN6. The van der Waals surface area contributed by atoms with Crippen LogP contribution < -0.4 is 10.6 Å². The summed E-state index contributed by atoms with van der Waals surface area (Å²) in [5, 5.41) is 11.0. The van der Waals surface area contributed by atoms with Crippen molar-refractivity contribution in [1.82, 2.24) is 25.3 Å². The van der Waals surface area contributed by atoms with Crippen LogP contribution in [0.25, 0.3) is 0 Å². The van der Waals surface area contributed by atoms with E-state index in [-0.39, 0.29) is 24.0 Å². The first-order chi connectivity index (χ1) is 12.7. The van der Waals surface area contributed by atoms with Crippen molar-refractivity contribution in [2.45, 2.75) is 53.0 Å². The molecule has 2 heterocycles. The van der Waals surface area contributed by atoms with Crippen molar-refractivity contribution >= 4 is 29.9 Å². The van der Waals surface area contributed by atoms with Gasteiger partial charge in [0.2, 0.25) is 0 Å². The van der Waals surface area contributed by atoms with Gasteiger partial charge in [-0.1, -0.05) is 13.8 Å². The number of hydrogen-bond donors (Lipinski definition) is 2. The number of rotatable bonds is 10. The van der Waals surface area contributed by atoms with Crippen LogP contribution in [0, 0.1) is 11.8 Å². The molecule has 0 amide bonds. The van der Waals surface area contributed by atoms with E-state index < -0.39 is 0 Å². The summed E-state index contributed by atoms with van der Waals surface area (Å²) in [6, 6.07) is 1.96. The molecule has 0 spiro atoms. The molecule has 2 unspecified atom stereocenters. The second kappa shape index (κ2) is 14.2. The Bertz CT molecular complexity index is 495. The summed E-state index contributed by atoms with van der Waals surface area (Å²) in [5.74, 6) is 2.64. The molecule has 2 N–H and O–H groups in total. The van der Waals surface area contributed by atoms with Crippen molar-refractivity contribution in [3.8, 4) is 0 Å². The molecule has 1 fully saturated rings. The van der Waals surface area contributed by atoms with Crippen molar-refractivity contribution in [2.24, 2.45) is 16.8 Å². The Morgan fingerprint density at radius 1 is 1.11 bits per heavy atom. The summed E-state index contributed by atoms with van der Waals surface area (Å²) in [4.78, 5) is 7.31. The molecule has 6 nitrogen and oxygen atoms in total. The van der Waals surface area contributed by atoms with Crippen molar-refractivity contribution in [1.29, 1.82) is 0 Å². The summed E-state index contributed by atoms with van der Waals surface area (Å²) in [7, 11) is 0. The molecule has 0 aromatic carbocycles. The Morgan fingerprint density at radius 2 is 1.89 bits per heavy atom. The highest BCUT2D eigenvalue weighted by molar-refractivity contribution is 14.0. The van der Waals surface area contributed by atoms with E-state index in [1.165, 1.54) is 38.9 Å². The number of unbranched alkanes of at least 4 members (excludes halogenated alkanes) is 1. The predicted molar refractivity (Wildman–Crippen MR) is 125 cm³/mol. The Labute approximate surface area is 182 Å². The minimum Gasteiger partial charge on any atom is -0.357 e. The zero-order chi connectivity index (χ0) is 18.6. The number of aliphatic imine (C=N–C) groups is 1. The topological polar surface area (TPSA) is 57.5 Å². The van der Waals surface area contributed by atoms with Crippen molar-refractivity contribution < 1.29 is 0 Å². The van der Waals surface area contributed by atoms with Crippen LogP contribution >= 0.6 is 24.0 Å². The lowest BCUT2D eigenvalue weighted by Crippen LogP contribution is -2.40. The smallest absolute Gasteiger partial charge is 0.191 e. The third-order valence-corrected chi connectivity index (χ3v) is 4.86. The maximum absolute atomic E-state index is 4.66. The number of hydrogen-bond acceptors (Lipinski definition) is 3. The standard InChI is InChI=1S/C20H38N6.HI/c1-4-21-20(23-10-7-13-26-14-8-11-24-26)22-9-5-6-12-25-16-18(2)15-19(3)17-25;/h8,11,14,18-19H,4-7,9-10,12-13,15-17H2,1-3H3,(H2,21,22,23);1H. The minimum atomic E-state index is 0. The fourth-order valence-corrected chi connectivity index (χ4v) is 3.84. The lowest BCUT2D eigenvalue weighted by atomic mass is 9.92. The number of aromatic nitrogens is 2. The van der Waals surface area contributed by atoms with Crippen LogP contribution in [0.3, 0.4) is 0 Å². The van der Waals surface area contributed by atoms with Crippen molar-refractivity contribution in [3.63, 3.8) is 0 Å². The Morgan fingerprint density at radius 3 is 2.56 bits per heavy atom. The maximum atomic E-state index is 4.66. The van der Waals surface area contributed by atoms with Gasteiger partial charge in [-0.15, -0.1) is 24.0 Å². The monoisotopic (exact) mass is 490 g/mol. The summed E-state index contributed by atoms with van der Waals surface area (Å²) < 4.78 is 1.96. The van der Waals surface area contributed by atoms with Gasteiger partial charge in [-0.05, 0) is 57.1 Å². The molecule has 7 heteroatoms. The number of halogens is 1. The molecule has 27 heavy (non-hydrogen) atoms. The number of likely N-dealkylation sites (tertiary alicyclic amines) is 1. The van der Waals surface area contributed by atoms with Crippen LogP contribution in [0.2, 0.25) is 0 Å². The molecule has 0 radical (unpaired) electrons. The molecule has 1 aliphatic heterocycles. The molecule has 1 saturated heterocycles. The number of guanidine groups is 1. The molecule has 2 atom stereocenters. The number of piperidine rings is 1. The van der Waals surface area contributed by atoms with Crippen molar-refractivity contribution in [2.75, 3.05) is 39.3 Å². The number of aryl methyl sites for hydroxylation is 1. The van der Waals surface area contributed by atoms with E-state index in [9.17, 15) is 0 Å². The highest BCUT2D eigenvalue weighted by atomic mass is 127. The number of nitrogens with one attached hydrogen (secondary N) is 2. The molecule has 1 aromatic rings. The van der Waals surface area contributed by atoms with Crippen molar-refractivity contribution in [3.05, 3.63) is 18.5 Å². The van der Waals surface area contributed by atoms with Gasteiger partial charge in [0.25, 0.3) is 0 Å². The summed E-state index contributed by atoms with van der Waals surface area (Å²) in [5.41, 5.74) is 0. The van der Waals surface area contributed by atoms with E-state index in [2.05, 4.69) is 46.4 Å². The Balaban J connectivity index is 0.00000364. The van der Waals surface area contributed by atoms with Gasteiger partial charge in [0, 0.05) is 51.7 Å². The first-order valence-corrected chi connectivity index (χ1v) is 10.4. The van der Waals surface area contributed by atoms with E-state index in [4.69, 9.17) is 0 Å². The zero-order valence-electron chi connectivity index (χ0n) is 17.4. The quantitative estimate of drug-likeness (QED) is 0.229. The van der Waals surface area contributed by atoms with E-state index in [0.29, 0.717) is 0 Å². The van der Waals surface area contributed by atoms with E-state index in [0.717, 1.165) is 50.4 Å². The first-order valence-electron chi connectivity index (χ1n) is 10.4. The maximum Gasteiger partial charge on any atom is 0.191 e. The summed E-state index contributed by atoms with van der Waals surface area (Å²) in [6.07, 6.45) is 8.66. The highest BCUT2D eigenvalue weighted by Gasteiger charge is 2.20. The van der Waals surface area contributed by atoms with E-state index in [1.807, 2.05) is 23.1 Å². The number of nitrogens with zero attached hydrogens (tertiary/aromatic N) is 4. The molecule has 0 bridgehead atoms. The van der Waals surface area contributed by atoms with E-state index >= 15 is 0 Å². The predicted octanol–water partition coefficient (Wildman–Crippen LogP) is 3.20. The average Bonchev–Trinajstić information content (AvgIpc) is 3.11. The second-order valence-corrected chi connectivity index (χ2v) is 7.72. The SMILES string of the molecule is CCNC(=NCCCn1cccn1)NCCCCN1CC(C)CC(C)C1.I. The van der Waals surface area contributed by atoms with Gasteiger partial charge in [-0.25, -0.2) is 0 Å². The third kappa shape index (κ3) is 10.3. The lowest BCUT2D eigenvalue weighted by molar-refractivity contribution is 0.139. The second-order valence-electron chi connectivity index (χ2n) is 7.72. The van der Waals surface area contributed by atoms with Gasteiger partial charge in [-0.3, -0.25) is 9.67 Å². The van der Waals surface area contributed by atoms with Crippen LogP contribution in [0.4, 0.5) is 0 Å². The van der Waals surface area contributed by atoms with Gasteiger partial charge in [0.15, 0.2) is 5.96 Å². The van der Waals surface area contributed by atoms with Gasteiger partial charge in [-0.2, -0.15) is 5.10 Å². The molecule has 1 aliphatic rings. The van der Waals surface area contributed by atoms with Crippen LogP contribution in [0.1, 0.15) is 46.5 Å². The minimum absolute atomic E-state index is 0. The normalized spacial score (nSPS) is 20.9. The Hall–Kier alpha value is -0.830. The summed E-state index contributed by atoms with van der Waals surface area (Å²) >= 11 is 0. The van der Waals surface area contributed by atoms with Gasteiger partial charge >= 0.3 is 0 Å². The van der Waals surface area contributed by atoms with Crippen LogP contribution in [-0.4, -0.2) is 59.9 Å². The third-order valence-electron chi connectivity index (χ3n) is 4.86. The Kier molecular flexibility index (Phi) is 12.7. The first kappa shape index (κ1) is 24.2. The fourth-order valence-electron chi connectivity index (χ4n) is 3.84. The zero-order valence-corrected chi connectivity index (χ0v) is 19.7. The van der Waals surface area contributed by atoms with Gasteiger partial charge in [0.1, 0.15) is 0 Å². The molecule has 1 aromatic heterocycles. The van der Waals surface area contributed by atoms with Gasteiger partial charge < -0.3 is 15.5 Å². The fraction of sp³-hybridized carbons (Fsp3) is 0.800. The average molecular weight is 490 g/mol. The highest BCUT2D eigenvalue weighted by Crippen LogP contribution is 2.20. The molecular weight excluding hydrogens is 451 g/mol. The summed E-state index contributed by atoms with van der Waals surface area (Å²) in [6.45, 7) is 14.3. The lowest BCUT2D eigenvalue weighted by Gasteiger charge is -2.34.